The number of hydrogen-bond donors (Lipinski definition) is 1. The minimum absolute atomic E-state index is 0.0452. The van der Waals surface area contributed by atoms with Crippen LogP contribution in [0.5, 0.6) is 0 Å². The van der Waals surface area contributed by atoms with Crippen molar-refractivity contribution < 1.29 is 13.2 Å². The minimum Gasteiger partial charge on any atom is -0.356 e. The molecule has 1 aliphatic heterocycles. The van der Waals surface area contributed by atoms with E-state index in [1.165, 1.54) is 4.31 Å². The molecule has 0 unspecified atom stereocenters. The van der Waals surface area contributed by atoms with Gasteiger partial charge in [0.2, 0.25) is 15.9 Å². The van der Waals surface area contributed by atoms with Gasteiger partial charge in [-0.1, -0.05) is 30.3 Å². The lowest BCUT2D eigenvalue weighted by molar-refractivity contribution is -0.126. The van der Waals surface area contributed by atoms with E-state index < -0.39 is 10.0 Å². The average molecular weight is 324 g/mol. The summed E-state index contributed by atoms with van der Waals surface area (Å²) in [5, 5.41) is 2.81. The van der Waals surface area contributed by atoms with Crippen LogP contribution < -0.4 is 5.32 Å². The van der Waals surface area contributed by atoms with E-state index in [1.807, 2.05) is 37.3 Å². The number of nitrogens with zero attached hydrogens (tertiary/aromatic N) is 1. The van der Waals surface area contributed by atoms with Crippen LogP contribution in [0.15, 0.2) is 30.3 Å². The van der Waals surface area contributed by atoms with Crippen LogP contribution in [-0.4, -0.2) is 44.0 Å². The van der Waals surface area contributed by atoms with Crippen molar-refractivity contribution in [2.75, 3.05) is 25.4 Å². The van der Waals surface area contributed by atoms with E-state index in [0.29, 0.717) is 38.9 Å². The van der Waals surface area contributed by atoms with Crippen molar-refractivity contribution in [1.82, 2.24) is 9.62 Å². The zero-order valence-corrected chi connectivity index (χ0v) is 13.8. The van der Waals surface area contributed by atoms with Crippen LogP contribution in [0.2, 0.25) is 0 Å². The fourth-order valence-corrected chi connectivity index (χ4v) is 4.25. The second-order valence-corrected chi connectivity index (χ2v) is 7.71. The predicted molar refractivity (Wildman–Crippen MR) is 86.9 cm³/mol. The molecule has 0 radical (unpaired) electrons. The van der Waals surface area contributed by atoms with Crippen LogP contribution >= 0.6 is 0 Å². The van der Waals surface area contributed by atoms with Crippen molar-refractivity contribution in [3.8, 4) is 0 Å². The zero-order valence-electron chi connectivity index (χ0n) is 13.0. The van der Waals surface area contributed by atoms with Crippen LogP contribution in [0.3, 0.4) is 0 Å². The van der Waals surface area contributed by atoms with Gasteiger partial charge in [0, 0.05) is 25.6 Å². The van der Waals surface area contributed by atoms with E-state index in [1.54, 1.807) is 0 Å². The number of nitrogens with one attached hydrogen (secondary N) is 1. The first-order chi connectivity index (χ1) is 10.5. The Morgan fingerprint density at radius 1 is 1.23 bits per heavy atom. The highest BCUT2D eigenvalue weighted by atomic mass is 32.2. The molecule has 22 heavy (non-hydrogen) atoms. The van der Waals surface area contributed by atoms with Crippen LogP contribution in [-0.2, 0) is 21.2 Å². The summed E-state index contributed by atoms with van der Waals surface area (Å²) < 4.78 is 26.3. The molecule has 0 spiro atoms. The Morgan fingerprint density at radius 3 is 2.45 bits per heavy atom. The van der Waals surface area contributed by atoms with Crippen LogP contribution in [0.4, 0.5) is 0 Å². The van der Waals surface area contributed by atoms with Crippen LogP contribution in [0.1, 0.15) is 25.3 Å². The number of hydrogen-bond acceptors (Lipinski definition) is 3. The van der Waals surface area contributed by atoms with Crippen molar-refractivity contribution in [2.45, 2.75) is 26.2 Å². The highest BCUT2D eigenvalue weighted by molar-refractivity contribution is 7.89. The normalized spacial score (nSPS) is 17.3. The number of piperidine rings is 1. The molecule has 1 N–H and O–H groups in total. The lowest BCUT2D eigenvalue weighted by atomic mass is 9.97. The third-order valence-electron chi connectivity index (χ3n) is 4.06. The largest absolute Gasteiger partial charge is 0.356 e. The summed E-state index contributed by atoms with van der Waals surface area (Å²) in [6, 6.07) is 9.64. The molecule has 1 fully saturated rings. The molecule has 6 heteroatoms. The predicted octanol–water partition coefficient (Wildman–Crippen LogP) is 1.41. The van der Waals surface area contributed by atoms with Gasteiger partial charge in [-0.15, -0.1) is 0 Å². The lowest BCUT2D eigenvalue weighted by Crippen LogP contribution is -2.43. The van der Waals surface area contributed by atoms with E-state index in [9.17, 15) is 13.2 Å². The van der Waals surface area contributed by atoms with Gasteiger partial charge in [-0.25, -0.2) is 12.7 Å². The maximum absolute atomic E-state index is 12.4. The fraction of sp³-hybridized carbons (Fsp3) is 0.562. The maximum Gasteiger partial charge on any atom is 0.223 e. The Hall–Kier alpha value is -1.40. The summed E-state index contributed by atoms with van der Waals surface area (Å²) in [5.74, 6) is 0.118. The Kier molecular flexibility index (Phi) is 5.97. The Labute approximate surface area is 132 Å². The third kappa shape index (κ3) is 4.55. The van der Waals surface area contributed by atoms with E-state index in [4.69, 9.17) is 0 Å². The first kappa shape index (κ1) is 17.0. The molecule has 0 saturated carbocycles. The van der Waals surface area contributed by atoms with Gasteiger partial charge in [0.1, 0.15) is 0 Å². The molecule has 1 aromatic carbocycles. The van der Waals surface area contributed by atoms with Crippen LogP contribution in [0.25, 0.3) is 0 Å². The standard InChI is InChI=1S/C16H24N2O3S/c1-2-17-16(19)15-8-11-18(12-9-15)22(20,21)13-10-14-6-4-3-5-7-14/h3-7,15H,2,8-13H2,1H3,(H,17,19). The summed E-state index contributed by atoms with van der Waals surface area (Å²) in [6.45, 7) is 3.40. The molecule has 0 atom stereocenters. The van der Waals surface area contributed by atoms with E-state index in [-0.39, 0.29) is 17.6 Å². The van der Waals surface area contributed by atoms with Gasteiger partial charge in [0.15, 0.2) is 0 Å². The number of aryl methyl sites for hydroxylation is 1. The molecule has 122 valence electrons. The SMILES string of the molecule is CCNC(=O)C1CCN(S(=O)(=O)CCc2ccccc2)CC1. The fourth-order valence-electron chi connectivity index (χ4n) is 2.74. The second-order valence-electron chi connectivity index (χ2n) is 5.62. The third-order valence-corrected chi connectivity index (χ3v) is 5.93. The van der Waals surface area contributed by atoms with Crippen molar-refractivity contribution in [3.63, 3.8) is 0 Å². The van der Waals surface area contributed by atoms with E-state index >= 15 is 0 Å². The molecule has 1 amide bonds. The topological polar surface area (TPSA) is 66.5 Å². The molecule has 1 saturated heterocycles. The Bertz CT molecular complexity index is 579. The zero-order chi connectivity index (χ0) is 16.0. The second kappa shape index (κ2) is 7.74. The first-order valence-electron chi connectivity index (χ1n) is 7.82. The monoisotopic (exact) mass is 324 g/mol. The summed E-state index contributed by atoms with van der Waals surface area (Å²) in [7, 11) is -3.24. The summed E-state index contributed by atoms with van der Waals surface area (Å²) >= 11 is 0. The van der Waals surface area contributed by atoms with Gasteiger partial charge >= 0.3 is 0 Å². The first-order valence-corrected chi connectivity index (χ1v) is 9.43. The number of sulfonamides is 1. The molecule has 0 bridgehead atoms. The smallest absolute Gasteiger partial charge is 0.223 e. The highest BCUT2D eigenvalue weighted by Crippen LogP contribution is 2.20. The molecule has 0 aliphatic carbocycles. The number of benzene rings is 1. The van der Waals surface area contributed by atoms with Gasteiger partial charge in [-0.2, -0.15) is 0 Å². The van der Waals surface area contributed by atoms with Crippen LogP contribution in [0, 0.1) is 5.92 Å². The molecule has 1 heterocycles. The number of amides is 1. The molecular weight excluding hydrogens is 300 g/mol. The van der Waals surface area contributed by atoms with Crippen molar-refractivity contribution in [1.29, 1.82) is 0 Å². The molecule has 1 aromatic rings. The van der Waals surface area contributed by atoms with Gasteiger partial charge in [-0.05, 0) is 31.7 Å². The van der Waals surface area contributed by atoms with Crippen molar-refractivity contribution in [3.05, 3.63) is 35.9 Å². The number of carbonyl (C=O) groups excluding carboxylic acids is 1. The quantitative estimate of drug-likeness (QED) is 0.860. The van der Waals surface area contributed by atoms with Gasteiger partial charge in [0.25, 0.3) is 0 Å². The van der Waals surface area contributed by atoms with E-state index in [0.717, 1.165) is 5.56 Å². The van der Waals surface area contributed by atoms with Gasteiger partial charge in [0.05, 0.1) is 5.75 Å². The Morgan fingerprint density at radius 2 is 1.86 bits per heavy atom. The Balaban J connectivity index is 1.85. The van der Waals surface area contributed by atoms with Crippen molar-refractivity contribution in [2.24, 2.45) is 5.92 Å². The highest BCUT2D eigenvalue weighted by Gasteiger charge is 2.30. The lowest BCUT2D eigenvalue weighted by Gasteiger charge is -2.30. The van der Waals surface area contributed by atoms with Gasteiger partial charge < -0.3 is 5.32 Å². The molecule has 5 nitrogen and oxygen atoms in total. The summed E-state index contributed by atoms with van der Waals surface area (Å²) in [6.07, 6.45) is 1.74. The summed E-state index contributed by atoms with van der Waals surface area (Å²) in [5.41, 5.74) is 1.03. The number of rotatable bonds is 6. The van der Waals surface area contributed by atoms with Crippen molar-refractivity contribution >= 4 is 15.9 Å². The average Bonchev–Trinajstić information content (AvgIpc) is 2.54. The molecular formula is C16H24N2O3S. The maximum atomic E-state index is 12.4. The van der Waals surface area contributed by atoms with Gasteiger partial charge in [-0.3, -0.25) is 4.79 Å². The van der Waals surface area contributed by atoms with E-state index in [2.05, 4.69) is 5.32 Å². The molecule has 2 rings (SSSR count). The number of carbonyl (C=O) groups is 1. The summed E-state index contributed by atoms with van der Waals surface area (Å²) in [4.78, 5) is 11.8. The molecule has 0 aromatic heterocycles. The molecule has 1 aliphatic rings. The minimum atomic E-state index is -3.24.